The van der Waals surface area contributed by atoms with Gasteiger partial charge in [0.15, 0.2) is 5.96 Å². The SMILES string of the molecule is CN(C)C(=O)CNC(=NCc1ccccc1)NCc1cccc(N(C)C)n1. The average molecular weight is 368 g/mol. The number of likely N-dealkylation sites (N-methyl/N-ethyl adjacent to an activating group) is 1. The molecule has 144 valence electrons. The topological polar surface area (TPSA) is 72.9 Å². The molecule has 0 fully saturated rings. The summed E-state index contributed by atoms with van der Waals surface area (Å²) in [5.41, 5.74) is 2.00. The number of carbonyl (C=O) groups excluding carboxylic acids is 1. The molecule has 2 aromatic rings. The quantitative estimate of drug-likeness (QED) is 0.572. The maximum absolute atomic E-state index is 11.9. The lowest BCUT2D eigenvalue weighted by Gasteiger charge is -2.16. The van der Waals surface area contributed by atoms with E-state index in [4.69, 9.17) is 0 Å². The van der Waals surface area contributed by atoms with E-state index in [1.54, 1.807) is 19.0 Å². The van der Waals surface area contributed by atoms with Crippen molar-refractivity contribution in [1.82, 2.24) is 20.5 Å². The number of anilines is 1. The Morgan fingerprint density at radius 3 is 2.41 bits per heavy atom. The van der Waals surface area contributed by atoms with E-state index in [-0.39, 0.29) is 12.5 Å². The molecule has 1 aromatic heterocycles. The number of nitrogens with one attached hydrogen (secondary N) is 2. The van der Waals surface area contributed by atoms with Gasteiger partial charge in [0.2, 0.25) is 5.91 Å². The van der Waals surface area contributed by atoms with Gasteiger partial charge in [-0.25, -0.2) is 9.98 Å². The monoisotopic (exact) mass is 368 g/mol. The number of guanidine groups is 1. The molecule has 2 rings (SSSR count). The van der Waals surface area contributed by atoms with E-state index in [2.05, 4.69) is 20.6 Å². The zero-order chi connectivity index (χ0) is 19.6. The van der Waals surface area contributed by atoms with Gasteiger partial charge in [-0.3, -0.25) is 4.79 Å². The van der Waals surface area contributed by atoms with Crippen LogP contribution in [0.1, 0.15) is 11.3 Å². The molecule has 0 aliphatic rings. The minimum atomic E-state index is -0.0167. The summed E-state index contributed by atoms with van der Waals surface area (Å²) in [6, 6.07) is 15.9. The van der Waals surface area contributed by atoms with Gasteiger partial charge in [0.1, 0.15) is 5.82 Å². The Labute approximate surface area is 161 Å². The summed E-state index contributed by atoms with van der Waals surface area (Å²) in [5.74, 6) is 1.45. The molecular formula is C20H28N6O. The predicted octanol–water partition coefficient (Wildman–Crippen LogP) is 1.47. The van der Waals surface area contributed by atoms with Crippen molar-refractivity contribution in [2.45, 2.75) is 13.1 Å². The molecule has 0 atom stereocenters. The number of pyridine rings is 1. The number of aliphatic imine (C=N–C) groups is 1. The largest absolute Gasteiger partial charge is 0.363 e. The van der Waals surface area contributed by atoms with Crippen molar-refractivity contribution in [2.24, 2.45) is 4.99 Å². The molecule has 1 aromatic carbocycles. The van der Waals surface area contributed by atoms with Gasteiger partial charge in [-0.05, 0) is 17.7 Å². The first kappa shape index (κ1) is 20.2. The smallest absolute Gasteiger partial charge is 0.241 e. The third-order valence-corrected chi connectivity index (χ3v) is 3.86. The normalized spacial score (nSPS) is 11.0. The highest BCUT2D eigenvalue weighted by atomic mass is 16.2. The van der Waals surface area contributed by atoms with E-state index in [0.29, 0.717) is 19.0 Å². The zero-order valence-corrected chi connectivity index (χ0v) is 16.4. The standard InChI is InChI=1S/C20H28N6O/c1-25(2)18-12-8-11-17(24-18)14-22-20(23-15-19(27)26(3)4)21-13-16-9-6-5-7-10-16/h5-12H,13-15H2,1-4H3,(H2,21,22,23). The Kier molecular flexibility index (Phi) is 7.61. The predicted molar refractivity (Wildman–Crippen MR) is 110 cm³/mol. The van der Waals surface area contributed by atoms with Gasteiger partial charge in [-0.15, -0.1) is 0 Å². The molecule has 0 aliphatic heterocycles. The van der Waals surface area contributed by atoms with Gasteiger partial charge in [0, 0.05) is 28.2 Å². The van der Waals surface area contributed by atoms with Crippen LogP contribution in [-0.2, 0) is 17.9 Å². The molecule has 0 bridgehead atoms. The second-order valence-corrected chi connectivity index (χ2v) is 6.53. The number of aromatic nitrogens is 1. The second kappa shape index (κ2) is 10.2. The van der Waals surface area contributed by atoms with Gasteiger partial charge in [-0.2, -0.15) is 0 Å². The molecule has 1 heterocycles. The molecule has 2 N–H and O–H groups in total. The van der Waals surface area contributed by atoms with E-state index >= 15 is 0 Å². The van der Waals surface area contributed by atoms with Crippen LogP contribution in [0.4, 0.5) is 5.82 Å². The van der Waals surface area contributed by atoms with E-state index in [1.165, 1.54) is 0 Å². The summed E-state index contributed by atoms with van der Waals surface area (Å²) < 4.78 is 0. The maximum atomic E-state index is 11.9. The lowest BCUT2D eigenvalue weighted by molar-refractivity contribution is -0.127. The van der Waals surface area contributed by atoms with E-state index in [0.717, 1.165) is 17.1 Å². The minimum Gasteiger partial charge on any atom is -0.363 e. The van der Waals surface area contributed by atoms with Crippen LogP contribution < -0.4 is 15.5 Å². The summed E-state index contributed by atoms with van der Waals surface area (Å²) in [4.78, 5) is 24.6. The molecular weight excluding hydrogens is 340 g/mol. The lowest BCUT2D eigenvalue weighted by atomic mass is 10.2. The van der Waals surface area contributed by atoms with Crippen LogP contribution in [0.15, 0.2) is 53.5 Å². The molecule has 0 saturated heterocycles. The van der Waals surface area contributed by atoms with Crippen molar-refractivity contribution in [3.63, 3.8) is 0 Å². The first-order valence-corrected chi connectivity index (χ1v) is 8.85. The summed E-state index contributed by atoms with van der Waals surface area (Å²) in [7, 11) is 7.38. The van der Waals surface area contributed by atoms with Gasteiger partial charge in [-0.1, -0.05) is 36.4 Å². The number of nitrogens with zero attached hydrogens (tertiary/aromatic N) is 4. The maximum Gasteiger partial charge on any atom is 0.241 e. The highest BCUT2D eigenvalue weighted by Gasteiger charge is 2.07. The number of hydrogen-bond donors (Lipinski definition) is 2. The Hall–Kier alpha value is -3.09. The van der Waals surface area contributed by atoms with Gasteiger partial charge >= 0.3 is 0 Å². The molecule has 0 saturated carbocycles. The third-order valence-electron chi connectivity index (χ3n) is 3.86. The van der Waals surface area contributed by atoms with Crippen molar-refractivity contribution in [2.75, 3.05) is 39.6 Å². The molecule has 0 radical (unpaired) electrons. The molecule has 7 nitrogen and oxygen atoms in total. The second-order valence-electron chi connectivity index (χ2n) is 6.53. The summed E-state index contributed by atoms with van der Waals surface area (Å²) in [6.07, 6.45) is 0. The number of rotatable bonds is 7. The van der Waals surface area contributed by atoms with E-state index in [1.807, 2.05) is 67.5 Å². The number of carbonyl (C=O) groups is 1. The van der Waals surface area contributed by atoms with Gasteiger partial charge < -0.3 is 20.4 Å². The summed E-state index contributed by atoms with van der Waals surface area (Å²) >= 11 is 0. The molecule has 27 heavy (non-hydrogen) atoms. The average Bonchev–Trinajstić information content (AvgIpc) is 2.68. The number of benzene rings is 1. The highest BCUT2D eigenvalue weighted by molar-refractivity contribution is 5.86. The van der Waals surface area contributed by atoms with Crippen LogP contribution in [0.3, 0.4) is 0 Å². The van der Waals surface area contributed by atoms with Crippen LogP contribution in [0.25, 0.3) is 0 Å². The molecule has 0 aliphatic carbocycles. The fraction of sp³-hybridized carbons (Fsp3) is 0.350. The van der Waals surface area contributed by atoms with Crippen LogP contribution in [0, 0.1) is 0 Å². The van der Waals surface area contributed by atoms with Crippen LogP contribution in [-0.4, -0.2) is 56.5 Å². The fourth-order valence-corrected chi connectivity index (χ4v) is 2.23. The fourth-order valence-electron chi connectivity index (χ4n) is 2.23. The number of amides is 1. The minimum absolute atomic E-state index is 0.0167. The van der Waals surface area contributed by atoms with Crippen LogP contribution in [0.5, 0.6) is 0 Å². The Balaban J connectivity index is 2.04. The Morgan fingerprint density at radius 2 is 1.74 bits per heavy atom. The zero-order valence-electron chi connectivity index (χ0n) is 16.4. The summed E-state index contributed by atoms with van der Waals surface area (Å²) in [5, 5.41) is 6.34. The first-order valence-electron chi connectivity index (χ1n) is 8.85. The van der Waals surface area contributed by atoms with Gasteiger partial charge in [0.25, 0.3) is 0 Å². The van der Waals surface area contributed by atoms with Crippen LogP contribution >= 0.6 is 0 Å². The van der Waals surface area contributed by atoms with E-state index < -0.39 is 0 Å². The molecule has 7 heteroatoms. The Morgan fingerprint density at radius 1 is 1.00 bits per heavy atom. The third kappa shape index (κ3) is 6.97. The Bertz CT molecular complexity index is 758. The molecule has 1 amide bonds. The van der Waals surface area contributed by atoms with Gasteiger partial charge in [0.05, 0.1) is 25.3 Å². The van der Waals surface area contributed by atoms with Crippen molar-refractivity contribution in [1.29, 1.82) is 0 Å². The van der Waals surface area contributed by atoms with Crippen molar-refractivity contribution in [3.05, 3.63) is 59.8 Å². The van der Waals surface area contributed by atoms with Crippen LogP contribution in [0.2, 0.25) is 0 Å². The molecule has 0 unspecified atom stereocenters. The molecule has 0 spiro atoms. The highest BCUT2D eigenvalue weighted by Crippen LogP contribution is 2.07. The van der Waals surface area contributed by atoms with Crippen molar-refractivity contribution in [3.8, 4) is 0 Å². The van der Waals surface area contributed by atoms with Crippen molar-refractivity contribution >= 4 is 17.7 Å². The first-order chi connectivity index (χ1) is 13.0. The lowest BCUT2D eigenvalue weighted by Crippen LogP contribution is -2.42. The number of hydrogen-bond acceptors (Lipinski definition) is 4. The van der Waals surface area contributed by atoms with E-state index in [9.17, 15) is 4.79 Å². The van der Waals surface area contributed by atoms with Crippen molar-refractivity contribution < 1.29 is 4.79 Å². The summed E-state index contributed by atoms with van der Waals surface area (Å²) in [6.45, 7) is 1.22.